The molecule has 2 aromatic rings. The van der Waals surface area contributed by atoms with Crippen LogP contribution in [0.15, 0.2) is 42.5 Å². The maximum absolute atomic E-state index is 12.5. The topological polar surface area (TPSA) is 77.1 Å². The maximum atomic E-state index is 12.5. The number of ether oxygens (including phenoxy) is 3. The zero-order valence-corrected chi connectivity index (χ0v) is 16.9. The molecule has 2 amide bonds. The number of anilines is 1. The first-order valence-corrected chi connectivity index (χ1v) is 9.50. The Balaban J connectivity index is 1.72. The van der Waals surface area contributed by atoms with E-state index in [0.717, 1.165) is 11.1 Å². The molecule has 1 heterocycles. The molecule has 0 spiro atoms. The molecule has 154 valence electrons. The maximum Gasteiger partial charge on any atom is 0.263 e. The molecular weight excluding hydrogens is 372 g/mol. The number of nitrogens with one attached hydrogen (secondary N) is 1. The first-order valence-electron chi connectivity index (χ1n) is 9.50. The Morgan fingerprint density at radius 2 is 2.07 bits per heavy atom. The van der Waals surface area contributed by atoms with Gasteiger partial charge in [-0.05, 0) is 42.8 Å². The molecule has 0 saturated carbocycles. The first-order chi connectivity index (χ1) is 14.0. The smallest absolute Gasteiger partial charge is 0.263 e. The molecule has 1 atom stereocenters. The van der Waals surface area contributed by atoms with Crippen molar-refractivity contribution in [1.82, 2.24) is 4.90 Å². The minimum Gasteiger partial charge on any atom is -0.497 e. The highest BCUT2D eigenvalue weighted by Crippen LogP contribution is 2.28. The van der Waals surface area contributed by atoms with Crippen LogP contribution in [0.1, 0.15) is 18.1 Å². The van der Waals surface area contributed by atoms with Crippen molar-refractivity contribution in [1.29, 1.82) is 0 Å². The zero-order chi connectivity index (χ0) is 20.8. The largest absolute Gasteiger partial charge is 0.497 e. The fourth-order valence-electron chi connectivity index (χ4n) is 3.24. The van der Waals surface area contributed by atoms with Gasteiger partial charge in [0.2, 0.25) is 5.91 Å². The Labute approximate surface area is 170 Å². The van der Waals surface area contributed by atoms with Crippen LogP contribution in [0.4, 0.5) is 5.69 Å². The van der Waals surface area contributed by atoms with Crippen molar-refractivity contribution in [2.24, 2.45) is 0 Å². The average molecular weight is 398 g/mol. The highest BCUT2D eigenvalue weighted by Gasteiger charge is 2.27. The fourth-order valence-corrected chi connectivity index (χ4v) is 3.24. The molecule has 2 aromatic carbocycles. The van der Waals surface area contributed by atoms with Crippen LogP contribution in [-0.2, 0) is 27.3 Å². The van der Waals surface area contributed by atoms with E-state index in [1.807, 2.05) is 30.3 Å². The summed E-state index contributed by atoms with van der Waals surface area (Å²) >= 11 is 0. The van der Waals surface area contributed by atoms with Gasteiger partial charge in [0.1, 0.15) is 11.5 Å². The lowest BCUT2D eigenvalue weighted by atomic mass is 10.1. The summed E-state index contributed by atoms with van der Waals surface area (Å²) in [5.74, 6) is 1.15. The quantitative estimate of drug-likeness (QED) is 0.776. The average Bonchev–Trinajstić information content (AvgIpc) is 2.83. The molecule has 1 unspecified atom stereocenters. The molecule has 0 aliphatic carbocycles. The van der Waals surface area contributed by atoms with Crippen LogP contribution in [0, 0.1) is 0 Å². The van der Waals surface area contributed by atoms with Crippen molar-refractivity contribution in [3.05, 3.63) is 53.6 Å². The number of fused-ring (bicyclic) bond motifs is 1. The number of benzene rings is 2. The Morgan fingerprint density at radius 3 is 2.83 bits per heavy atom. The molecule has 1 N–H and O–H groups in total. The van der Waals surface area contributed by atoms with Gasteiger partial charge in [0.25, 0.3) is 5.91 Å². The number of carbonyl (C=O) groups excluding carboxylic acids is 2. The second-order valence-corrected chi connectivity index (χ2v) is 6.91. The molecule has 0 fully saturated rings. The minimum atomic E-state index is -0.568. The summed E-state index contributed by atoms with van der Waals surface area (Å²) in [7, 11) is 3.20. The van der Waals surface area contributed by atoms with E-state index in [0.29, 0.717) is 36.9 Å². The van der Waals surface area contributed by atoms with Crippen molar-refractivity contribution in [2.75, 3.05) is 32.7 Å². The van der Waals surface area contributed by atoms with Crippen LogP contribution in [0.2, 0.25) is 0 Å². The van der Waals surface area contributed by atoms with Gasteiger partial charge < -0.3 is 24.4 Å². The molecule has 7 nitrogen and oxygen atoms in total. The SMILES string of the molecule is COCCN1Cc2cc(NC(=O)Cc3cccc(OC)c3)ccc2OC(C)C1=O. The van der Waals surface area contributed by atoms with Crippen LogP contribution in [0.3, 0.4) is 0 Å². The van der Waals surface area contributed by atoms with Gasteiger partial charge in [0.05, 0.1) is 20.1 Å². The minimum absolute atomic E-state index is 0.0816. The highest BCUT2D eigenvalue weighted by molar-refractivity contribution is 5.92. The number of hydrogen-bond acceptors (Lipinski definition) is 5. The number of amides is 2. The van der Waals surface area contributed by atoms with E-state index in [1.165, 1.54) is 0 Å². The molecule has 0 aromatic heterocycles. The summed E-state index contributed by atoms with van der Waals surface area (Å²) < 4.78 is 16.1. The van der Waals surface area contributed by atoms with E-state index in [9.17, 15) is 9.59 Å². The van der Waals surface area contributed by atoms with Gasteiger partial charge in [-0.25, -0.2) is 0 Å². The Hall–Kier alpha value is -3.06. The lowest BCUT2D eigenvalue weighted by molar-refractivity contribution is -0.138. The van der Waals surface area contributed by atoms with Gasteiger partial charge in [-0.2, -0.15) is 0 Å². The number of carbonyl (C=O) groups is 2. The lowest BCUT2D eigenvalue weighted by Gasteiger charge is -2.21. The van der Waals surface area contributed by atoms with Crippen LogP contribution >= 0.6 is 0 Å². The van der Waals surface area contributed by atoms with Gasteiger partial charge in [-0.1, -0.05) is 12.1 Å². The van der Waals surface area contributed by atoms with Crippen molar-refractivity contribution in [3.8, 4) is 11.5 Å². The summed E-state index contributed by atoms with van der Waals surface area (Å²) in [4.78, 5) is 26.7. The molecular formula is C22H26N2O5. The Kier molecular flexibility index (Phi) is 6.72. The summed E-state index contributed by atoms with van der Waals surface area (Å²) in [6, 6.07) is 12.8. The number of hydrogen-bond donors (Lipinski definition) is 1. The molecule has 0 radical (unpaired) electrons. The fraction of sp³-hybridized carbons (Fsp3) is 0.364. The molecule has 7 heteroatoms. The van der Waals surface area contributed by atoms with Crippen molar-refractivity contribution < 1.29 is 23.8 Å². The monoisotopic (exact) mass is 398 g/mol. The highest BCUT2D eigenvalue weighted by atomic mass is 16.5. The lowest BCUT2D eigenvalue weighted by Crippen LogP contribution is -2.39. The molecule has 1 aliphatic rings. The Bertz CT molecular complexity index is 883. The summed E-state index contributed by atoms with van der Waals surface area (Å²) in [6.07, 6.45) is -0.332. The predicted molar refractivity (Wildman–Crippen MR) is 109 cm³/mol. The van der Waals surface area contributed by atoms with Crippen LogP contribution < -0.4 is 14.8 Å². The van der Waals surface area contributed by atoms with Crippen molar-refractivity contribution in [2.45, 2.75) is 26.0 Å². The second-order valence-electron chi connectivity index (χ2n) is 6.91. The van der Waals surface area contributed by atoms with E-state index in [4.69, 9.17) is 14.2 Å². The van der Waals surface area contributed by atoms with Crippen LogP contribution in [0.5, 0.6) is 11.5 Å². The van der Waals surface area contributed by atoms with E-state index in [-0.39, 0.29) is 18.2 Å². The Morgan fingerprint density at radius 1 is 1.24 bits per heavy atom. The molecule has 3 rings (SSSR count). The number of nitrogens with zero attached hydrogens (tertiary/aromatic N) is 1. The predicted octanol–water partition coefficient (Wildman–Crippen LogP) is 2.63. The normalized spacial score (nSPS) is 15.9. The summed E-state index contributed by atoms with van der Waals surface area (Å²) in [5.41, 5.74) is 2.37. The van der Waals surface area contributed by atoms with Crippen molar-refractivity contribution in [3.63, 3.8) is 0 Å². The first kappa shape index (κ1) is 20.7. The third kappa shape index (κ3) is 5.26. The van der Waals surface area contributed by atoms with E-state index in [2.05, 4.69) is 5.32 Å². The third-order valence-electron chi connectivity index (χ3n) is 4.73. The third-order valence-corrected chi connectivity index (χ3v) is 4.73. The van der Waals surface area contributed by atoms with Crippen molar-refractivity contribution >= 4 is 17.5 Å². The molecule has 0 saturated heterocycles. The molecule has 0 bridgehead atoms. The molecule has 1 aliphatic heterocycles. The van der Waals surface area contributed by atoms with Gasteiger partial charge in [-0.15, -0.1) is 0 Å². The van der Waals surface area contributed by atoms with E-state index in [1.54, 1.807) is 38.2 Å². The van der Waals surface area contributed by atoms with Gasteiger partial charge in [-0.3, -0.25) is 9.59 Å². The molecule has 29 heavy (non-hydrogen) atoms. The number of methoxy groups -OCH3 is 2. The van der Waals surface area contributed by atoms with E-state index >= 15 is 0 Å². The summed E-state index contributed by atoms with van der Waals surface area (Å²) in [6.45, 7) is 3.07. The van der Waals surface area contributed by atoms with Gasteiger partial charge >= 0.3 is 0 Å². The van der Waals surface area contributed by atoms with Gasteiger partial charge in [0.15, 0.2) is 6.10 Å². The summed E-state index contributed by atoms with van der Waals surface area (Å²) in [5, 5.41) is 2.92. The number of rotatable bonds is 7. The van der Waals surface area contributed by atoms with Crippen LogP contribution in [-0.4, -0.2) is 50.2 Å². The zero-order valence-electron chi connectivity index (χ0n) is 16.9. The van der Waals surface area contributed by atoms with Gasteiger partial charge in [0, 0.05) is 31.5 Å². The standard InChI is InChI=1S/C22H26N2O5/c1-15-22(26)24(9-10-27-2)14-17-13-18(7-8-20(17)29-15)23-21(25)12-16-5-4-6-19(11-16)28-3/h4-8,11,13,15H,9-10,12,14H2,1-3H3,(H,23,25). The van der Waals surface area contributed by atoms with Crippen LogP contribution in [0.25, 0.3) is 0 Å². The second kappa shape index (κ2) is 9.43. The van der Waals surface area contributed by atoms with E-state index < -0.39 is 6.10 Å².